The first-order valence-corrected chi connectivity index (χ1v) is 10.0. The van der Waals surface area contributed by atoms with Crippen LogP contribution in [0.1, 0.15) is 75.8 Å². The molecule has 4 rings (SSSR count). The van der Waals surface area contributed by atoms with Gasteiger partial charge in [-0.1, -0.05) is 32.8 Å². The number of phenols is 1. The summed E-state index contributed by atoms with van der Waals surface area (Å²) in [6.45, 7) is 4.65. The lowest BCUT2D eigenvalue weighted by Crippen LogP contribution is -2.47. The first-order chi connectivity index (χ1) is 11.5. The van der Waals surface area contributed by atoms with E-state index in [-0.39, 0.29) is 11.5 Å². The zero-order valence-electron chi connectivity index (χ0n) is 15.2. The Morgan fingerprint density at radius 3 is 2.83 bits per heavy atom. The second kappa shape index (κ2) is 6.05. The first-order valence-electron chi connectivity index (χ1n) is 10.0. The van der Waals surface area contributed by atoms with Gasteiger partial charge in [0.15, 0.2) is 0 Å². The molecule has 0 amide bonds. The Labute approximate surface area is 146 Å². The topological polar surface area (TPSA) is 40.5 Å². The van der Waals surface area contributed by atoms with Crippen molar-refractivity contribution in [2.24, 2.45) is 23.2 Å². The minimum atomic E-state index is -0.103. The maximum Gasteiger partial charge on any atom is 0.115 e. The van der Waals surface area contributed by atoms with Crippen LogP contribution in [-0.4, -0.2) is 16.3 Å². The molecule has 132 valence electrons. The van der Waals surface area contributed by atoms with Crippen LogP contribution >= 0.6 is 0 Å². The Hall–Kier alpha value is -1.02. The minimum absolute atomic E-state index is 0.103. The van der Waals surface area contributed by atoms with E-state index in [0.717, 1.165) is 18.8 Å². The molecule has 1 aromatic carbocycles. The number of aryl methyl sites for hydroxylation is 1. The molecular formula is C22H32O2. The van der Waals surface area contributed by atoms with Gasteiger partial charge >= 0.3 is 0 Å². The molecule has 1 aromatic rings. The zero-order chi connectivity index (χ0) is 16.9. The van der Waals surface area contributed by atoms with Gasteiger partial charge in [-0.15, -0.1) is 0 Å². The SMILES string of the molecule is CCCC[C@H]1C[C@]2(C)[C@@H](O)CC[C@H]2[C@@H]2CCc3cc(O)ccc3[C@@H]12. The van der Waals surface area contributed by atoms with E-state index in [1.807, 2.05) is 12.1 Å². The third-order valence-electron chi connectivity index (χ3n) is 7.71. The monoisotopic (exact) mass is 328 g/mol. The fraction of sp³-hybridized carbons (Fsp3) is 0.727. The highest BCUT2D eigenvalue weighted by Gasteiger charge is 2.57. The molecule has 2 heteroatoms. The maximum absolute atomic E-state index is 10.7. The summed E-state index contributed by atoms with van der Waals surface area (Å²) >= 11 is 0. The summed E-state index contributed by atoms with van der Waals surface area (Å²) in [4.78, 5) is 0. The van der Waals surface area contributed by atoms with Crippen LogP contribution in [-0.2, 0) is 6.42 Å². The van der Waals surface area contributed by atoms with E-state index in [9.17, 15) is 10.2 Å². The van der Waals surface area contributed by atoms with E-state index in [4.69, 9.17) is 0 Å². The lowest BCUT2D eigenvalue weighted by Gasteiger charge is -2.54. The fourth-order valence-electron chi connectivity index (χ4n) is 6.60. The van der Waals surface area contributed by atoms with Crippen molar-refractivity contribution in [1.82, 2.24) is 0 Å². The van der Waals surface area contributed by atoms with E-state index in [2.05, 4.69) is 19.9 Å². The van der Waals surface area contributed by atoms with Crippen molar-refractivity contribution < 1.29 is 10.2 Å². The molecule has 0 unspecified atom stereocenters. The Kier molecular flexibility index (Phi) is 4.15. The van der Waals surface area contributed by atoms with Gasteiger partial charge in [0.05, 0.1) is 6.10 Å². The Morgan fingerprint density at radius 2 is 2.04 bits per heavy atom. The van der Waals surface area contributed by atoms with Gasteiger partial charge in [-0.2, -0.15) is 0 Å². The second-order valence-electron chi connectivity index (χ2n) is 8.92. The summed E-state index contributed by atoms with van der Waals surface area (Å²) in [5.74, 6) is 3.14. The molecule has 3 aliphatic rings. The summed E-state index contributed by atoms with van der Waals surface area (Å²) in [6.07, 6.45) is 9.42. The molecule has 6 atom stereocenters. The number of fused-ring (bicyclic) bond motifs is 5. The van der Waals surface area contributed by atoms with Crippen LogP contribution in [0.4, 0.5) is 0 Å². The van der Waals surface area contributed by atoms with Crippen LogP contribution in [0, 0.1) is 23.2 Å². The standard InChI is InChI=1S/C22H32O2/c1-3-4-5-15-13-22(2)19(10-11-20(22)24)18-8-6-14-12-16(23)7-9-17(14)21(15)18/h7,9,12,15,18-21,23-24H,3-6,8,10-11,13H2,1-2H3/t15-,18-,19-,20-,21+,22-/m0/s1. The molecule has 3 aliphatic carbocycles. The first kappa shape index (κ1) is 16.4. The Morgan fingerprint density at radius 1 is 1.21 bits per heavy atom. The van der Waals surface area contributed by atoms with Crippen LogP contribution in [0.25, 0.3) is 0 Å². The van der Waals surface area contributed by atoms with Crippen molar-refractivity contribution in [2.45, 2.75) is 77.2 Å². The van der Waals surface area contributed by atoms with E-state index < -0.39 is 0 Å². The van der Waals surface area contributed by atoms with Crippen LogP contribution in [0.3, 0.4) is 0 Å². The van der Waals surface area contributed by atoms with Crippen molar-refractivity contribution in [3.05, 3.63) is 29.3 Å². The molecule has 2 fully saturated rings. The lowest BCUT2D eigenvalue weighted by atomic mass is 9.51. The van der Waals surface area contributed by atoms with E-state index in [1.54, 1.807) is 0 Å². The van der Waals surface area contributed by atoms with Crippen LogP contribution in [0.15, 0.2) is 18.2 Å². The molecule has 0 bridgehead atoms. The Bertz CT molecular complexity index is 610. The smallest absolute Gasteiger partial charge is 0.115 e. The summed E-state index contributed by atoms with van der Waals surface area (Å²) in [5.41, 5.74) is 3.02. The van der Waals surface area contributed by atoms with Gasteiger partial charge < -0.3 is 10.2 Å². The molecule has 0 saturated heterocycles. The molecule has 0 heterocycles. The number of rotatable bonds is 3. The molecule has 24 heavy (non-hydrogen) atoms. The molecule has 2 N–H and O–H groups in total. The highest BCUT2D eigenvalue weighted by molar-refractivity contribution is 5.40. The highest BCUT2D eigenvalue weighted by atomic mass is 16.3. The number of benzene rings is 1. The van der Waals surface area contributed by atoms with Gasteiger partial charge in [-0.05, 0) is 90.9 Å². The number of aliphatic hydroxyl groups is 1. The van der Waals surface area contributed by atoms with Crippen LogP contribution in [0.2, 0.25) is 0 Å². The number of aliphatic hydroxyl groups excluding tert-OH is 1. The predicted octanol–water partition coefficient (Wildman–Crippen LogP) is 5.03. The number of unbranched alkanes of at least 4 members (excludes halogenated alkanes) is 1. The minimum Gasteiger partial charge on any atom is -0.508 e. The van der Waals surface area contributed by atoms with Crippen molar-refractivity contribution in [3.63, 3.8) is 0 Å². The lowest BCUT2D eigenvalue weighted by molar-refractivity contribution is -0.0500. The van der Waals surface area contributed by atoms with Gasteiger partial charge in [0, 0.05) is 0 Å². The van der Waals surface area contributed by atoms with Crippen molar-refractivity contribution in [3.8, 4) is 5.75 Å². The van der Waals surface area contributed by atoms with Crippen molar-refractivity contribution >= 4 is 0 Å². The van der Waals surface area contributed by atoms with Gasteiger partial charge in [-0.25, -0.2) is 0 Å². The highest BCUT2D eigenvalue weighted by Crippen LogP contribution is 2.63. The molecule has 0 aliphatic heterocycles. The average Bonchev–Trinajstić information content (AvgIpc) is 2.87. The normalized spacial score (nSPS) is 40.7. The second-order valence-corrected chi connectivity index (χ2v) is 8.92. The Balaban J connectivity index is 1.74. The van der Waals surface area contributed by atoms with Gasteiger partial charge in [0.1, 0.15) is 5.75 Å². The summed E-state index contributed by atoms with van der Waals surface area (Å²) in [7, 11) is 0. The van der Waals surface area contributed by atoms with Gasteiger partial charge in [-0.3, -0.25) is 0 Å². The molecule has 2 nitrogen and oxygen atoms in total. The average molecular weight is 328 g/mol. The molecule has 0 radical (unpaired) electrons. The summed E-state index contributed by atoms with van der Waals surface area (Å²) in [6, 6.07) is 6.09. The third-order valence-corrected chi connectivity index (χ3v) is 7.71. The summed E-state index contributed by atoms with van der Waals surface area (Å²) in [5, 5.41) is 20.6. The zero-order valence-corrected chi connectivity index (χ0v) is 15.2. The number of aromatic hydroxyl groups is 1. The van der Waals surface area contributed by atoms with E-state index >= 15 is 0 Å². The third kappa shape index (κ3) is 2.41. The van der Waals surface area contributed by atoms with E-state index in [1.165, 1.54) is 49.7 Å². The molecular weight excluding hydrogens is 296 g/mol. The van der Waals surface area contributed by atoms with Gasteiger partial charge in [0.2, 0.25) is 0 Å². The van der Waals surface area contributed by atoms with Crippen LogP contribution < -0.4 is 0 Å². The van der Waals surface area contributed by atoms with Crippen molar-refractivity contribution in [2.75, 3.05) is 0 Å². The summed E-state index contributed by atoms with van der Waals surface area (Å²) < 4.78 is 0. The number of phenolic OH excluding ortho intramolecular Hbond substituents is 1. The molecule has 2 saturated carbocycles. The van der Waals surface area contributed by atoms with Gasteiger partial charge in [0.25, 0.3) is 0 Å². The molecule has 0 spiro atoms. The fourth-order valence-corrected chi connectivity index (χ4v) is 6.60. The number of hydrogen-bond acceptors (Lipinski definition) is 2. The van der Waals surface area contributed by atoms with Crippen molar-refractivity contribution in [1.29, 1.82) is 0 Å². The quantitative estimate of drug-likeness (QED) is 0.817. The molecule has 0 aromatic heterocycles. The number of hydrogen-bond donors (Lipinski definition) is 2. The largest absolute Gasteiger partial charge is 0.508 e. The van der Waals surface area contributed by atoms with Crippen LogP contribution in [0.5, 0.6) is 5.75 Å². The predicted molar refractivity (Wildman–Crippen MR) is 97.1 cm³/mol. The maximum atomic E-state index is 10.7. The van der Waals surface area contributed by atoms with E-state index in [0.29, 0.717) is 23.5 Å².